The third-order valence-electron chi connectivity index (χ3n) is 5.80. The Labute approximate surface area is 149 Å². The van der Waals surface area contributed by atoms with Crippen LogP contribution in [0.2, 0.25) is 0 Å². The number of carbonyl (C=O) groups excluding carboxylic acids is 2. The van der Waals surface area contributed by atoms with E-state index < -0.39 is 0 Å². The second-order valence-corrected chi connectivity index (χ2v) is 8.83. The van der Waals surface area contributed by atoms with Crippen LogP contribution in [0, 0.1) is 11.8 Å². The smallest absolute Gasteiger partial charge is 0.317 e. The van der Waals surface area contributed by atoms with E-state index >= 15 is 0 Å². The molecule has 136 valence electrons. The van der Waals surface area contributed by atoms with Crippen molar-refractivity contribution in [3.05, 3.63) is 0 Å². The zero-order chi connectivity index (χ0) is 16.9. The quantitative estimate of drug-likeness (QED) is 0.830. The van der Waals surface area contributed by atoms with Crippen LogP contribution >= 0.6 is 11.8 Å². The molecule has 2 aliphatic heterocycles. The number of likely N-dealkylation sites (tertiary alicyclic amines) is 1. The Morgan fingerprint density at radius 2 is 1.50 bits per heavy atom. The largest absolute Gasteiger partial charge is 0.341 e. The van der Waals surface area contributed by atoms with Gasteiger partial charge in [0.2, 0.25) is 5.91 Å². The summed E-state index contributed by atoms with van der Waals surface area (Å²) in [5.41, 5.74) is 0. The average molecular weight is 354 g/mol. The molecule has 3 rings (SSSR count). The maximum absolute atomic E-state index is 12.6. The van der Waals surface area contributed by atoms with E-state index in [-0.39, 0.29) is 18.0 Å². The number of urea groups is 1. The molecule has 5 nitrogen and oxygen atoms in total. The van der Waals surface area contributed by atoms with Gasteiger partial charge in [0, 0.05) is 49.6 Å². The van der Waals surface area contributed by atoms with Crippen molar-refractivity contribution >= 4 is 23.7 Å². The van der Waals surface area contributed by atoms with Crippen molar-refractivity contribution in [2.45, 2.75) is 51.5 Å². The van der Waals surface area contributed by atoms with Crippen LogP contribution in [0.1, 0.15) is 45.4 Å². The van der Waals surface area contributed by atoms with Crippen LogP contribution in [0.15, 0.2) is 0 Å². The van der Waals surface area contributed by atoms with Crippen molar-refractivity contribution in [2.75, 3.05) is 37.7 Å². The number of carbonyl (C=O) groups is 2. The molecule has 6 heteroatoms. The van der Waals surface area contributed by atoms with Gasteiger partial charge in [-0.25, -0.2) is 4.79 Å². The molecule has 0 radical (unpaired) electrons. The van der Waals surface area contributed by atoms with E-state index in [1.165, 1.54) is 0 Å². The van der Waals surface area contributed by atoms with Gasteiger partial charge in [0.15, 0.2) is 0 Å². The molecule has 0 spiro atoms. The lowest BCUT2D eigenvalue weighted by atomic mass is 9.85. The van der Waals surface area contributed by atoms with Gasteiger partial charge in [-0.15, -0.1) is 0 Å². The first kappa shape index (κ1) is 17.9. The summed E-state index contributed by atoms with van der Waals surface area (Å²) in [6, 6.07) is 0.350. The lowest BCUT2D eigenvalue weighted by Crippen LogP contribution is -2.49. The van der Waals surface area contributed by atoms with Crippen LogP contribution in [0.3, 0.4) is 0 Å². The highest BCUT2D eigenvalue weighted by Crippen LogP contribution is 2.27. The van der Waals surface area contributed by atoms with Gasteiger partial charge in [-0.2, -0.15) is 11.8 Å². The molecule has 2 heterocycles. The fourth-order valence-corrected chi connectivity index (χ4v) is 4.91. The Morgan fingerprint density at radius 3 is 2.12 bits per heavy atom. The Balaban J connectivity index is 1.40. The molecule has 1 saturated carbocycles. The summed E-state index contributed by atoms with van der Waals surface area (Å²) in [6.45, 7) is 5.84. The average Bonchev–Trinajstić information content (AvgIpc) is 2.63. The summed E-state index contributed by atoms with van der Waals surface area (Å²) in [6.07, 6.45) is 5.95. The second-order valence-electron chi connectivity index (χ2n) is 7.61. The number of hydrogen-bond donors (Lipinski definition) is 1. The number of hydrogen-bond acceptors (Lipinski definition) is 3. The summed E-state index contributed by atoms with van der Waals surface area (Å²) in [5.74, 6) is 3.42. The molecular formula is C18H31N3O2S. The standard InChI is InChI=1S/C18H31N3O2S/c1-14-6-8-21(9-7-14)18(23)19-16-4-2-15(3-5-16)17(22)20-10-12-24-13-11-20/h14-16H,2-13H2,1H3,(H,19,23). The van der Waals surface area contributed by atoms with Gasteiger partial charge < -0.3 is 15.1 Å². The zero-order valence-corrected chi connectivity index (χ0v) is 15.7. The maximum atomic E-state index is 12.6. The Kier molecular flexibility index (Phi) is 6.31. The molecule has 0 aromatic carbocycles. The molecule has 0 atom stereocenters. The fraction of sp³-hybridized carbons (Fsp3) is 0.889. The van der Waals surface area contributed by atoms with Crippen molar-refractivity contribution in [3.63, 3.8) is 0 Å². The first-order valence-electron chi connectivity index (χ1n) is 9.55. The number of thioether (sulfide) groups is 1. The molecule has 0 aromatic rings. The van der Waals surface area contributed by atoms with Gasteiger partial charge in [-0.1, -0.05) is 6.92 Å². The molecule has 3 aliphatic rings. The highest BCUT2D eigenvalue weighted by molar-refractivity contribution is 7.99. The minimum Gasteiger partial charge on any atom is -0.341 e. The van der Waals surface area contributed by atoms with E-state index in [0.29, 0.717) is 5.91 Å². The summed E-state index contributed by atoms with van der Waals surface area (Å²) >= 11 is 1.94. The normalized spacial score (nSPS) is 29.4. The van der Waals surface area contributed by atoms with Crippen molar-refractivity contribution in [2.24, 2.45) is 11.8 Å². The monoisotopic (exact) mass is 353 g/mol. The Bertz CT molecular complexity index is 438. The van der Waals surface area contributed by atoms with E-state index in [1.807, 2.05) is 16.7 Å². The van der Waals surface area contributed by atoms with Gasteiger partial charge in [-0.3, -0.25) is 4.79 Å². The molecule has 1 N–H and O–H groups in total. The SMILES string of the molecule is CC1CCN(C(=O)NC2CCC(C(=O)N3CCSCC3)CC2)CC1. The van der Waals surface area contributed by atoms with E-state index in [9.17, 15) is 9.59 Å². The second kappa shape index (κ2) is 8.45. The molecule has 1 aliphatic carbocycles. The summed E-state index contributed by atoms with van der Waals surface area (Å²) < 4.78 is 0. The van der Waals surface area contributed by atoms with Gasteiger partial charge in [0.25, 0.3) is 0 Å². The van der Waals surface area contributed by atoms with E-state index in [4.69, 9.17) is 0 Å². The molecule has 0 unspecified atom stereocenters. The lowest BCUT2D eigenvalue weighted by molar-refractivity contribution is -0.136. The van der Waals surface area contributed by atoms with Crippen LogP contribution in [0.25, 0.3) is 0 Å². The number of nitrogens with zero attached hydrogens (tertiary/aromatic N) is 2. The highest BCUT2D eigenvalue weighted by atomic mass is 32.2. The lowest BCUT2D eigenvalue weighted by Gasteiger charge is -2.35. The first-order chi connectivity index (χ1) is 11.6. The third-order valence-corrected chi connectivity index (χ3v) is 6.74. The summed E-state index contributed by atoms with van der Waals surface area (Å²) in [4.78, 5) is 29.0. The molecule has 0 aromatic heterocycles. The number of amides is 3. The van der Waals surface area contributed by atoms with Crippen molar-refractivity contribution in [1.82, 2.24) is 15.1 Å². The minimum absolute atomic E-state index is 0.102. The van der Waals surface area contributed by atoms with E-state index in [2.05, 4.69) is 17.1 Å². The molecule has 3 amide bonds. The van der Waals surface area contributed by atoms with Crippen LogP contribution < -0.4 is 5.32 Å². The van der Waals surface area contributed by atoms with Gasteiger partial charge >= 0.3 is 6.03 Å². The number of nitrogens with one attached hydrogen (secondary N) is 1. The molecule has 0 bridgehead atoms. The highest BCUT2D eigenvalue weighted by Gasteiger charge is 2.31. The number of piperidine rings is 1. The zero-order valence-electron chi connectivity index (χ0n) is 14.8. The van der Waals surface area contributed by atoms with E-state index in [0.717, 1.165) is 82.1 Å². The topological polar surface area (TPSA) is 52.7 Å². The number of rotatable bonds is 2. The predicted molar refractivity (Wildman–Crippen MR) is 98.2 cm³/mol. The molecule has 2 saturated heterocycles. The minimum atomic E-state index is 0.102. The van der Waals surface area contributed by atoms with Crippen LogP contribution in [-0.2, 0) is 4.79 Å². The van der Waals surface area contributed by atoms with E-state index in [1.54, 1.807) is 0 Å². The summed E-state index contributed by atoms with van der Waals surface area (Å²) in [5, 5.41) is 3.20. The Morgan fingerprint density at radius 1 is 0.875 bits per heavy atom. The van der Waals surface area contributed by atoms with Gasteiger partial charge in [0.05, 0.1) is 0 Å². The molecular weight excluding hydrogens is 322 g/mol. The van der Waals surface area contributed by atoms with Crippen LogP contribution in [0.4, 0.5) is 4.79 Å². The summed E-state index contributed by atoms with van der Waals surface area (Å²) in [7, 11) is 0. The van der Waals surface area contributed by atoms with Gasteiger partial charge in [-0.05, 0) is 44.4 Å². The van der Waals surface area contributed by atoms with Crippen LogP contribution in [0.5, 0.6) is 0 Å². The fourth-order valence-electron chi connectivity index (χ4n) is 4.00. The maximum Gasteiger partial charge on any atom is 0.317 e. The third kappa shape index (κ3) is 4.58. The predicted octanol–water partition coefficient (Wildman–Crippen LogP) is 2.56. The van der Waals surface area contributed by atoms with Crippen molar-refractivity contribution < 1.29 is 9.59 Å². The molecule has 3 fully saturated rings. The van der Waals surface area contributed by atoms with Crippen molar-refractivity contribution in [3.8, 4) is 0 Å². The van der Waals surface area contributed by atoms with Gasteiger partial charge in [0.1, 0.15) is 0 Å². The first-order valence-corrected chi connectivity index (χ1v) is 10.7. The van der Waals surface area contributed by atoms with Crippen LogP contribution in [-0.4, -0.2) is 65.5 Å². The molecule has 24 heavy (non-hydrogen) atoms. The van der Waals surface area contributed by atoms with Crippen molar-refractivity contribution in [1.29, 1.82) is 0 Å². The Hall–Kier alpha value is -0.910.